The van der Waals surface area contributed by atoms with Crippen molar-refractivity contribution in [1.82, 2.24) is 15.4 Å². The number of thiophene rings is 1. The van der Waals surface area contributed by atoms with Crippen LogP contribution in [0.15, 0.2) is 69.0 Å². The van der Waals surface area contributed by atoms with Crippen LogP contribution in [-0.4, -0.2) is 27.8 Å². The molecule has 0 fully saturated rings. The molecule has 2 aromatic carbocycles. The van der Waals surface area contributed by atoms with Crippen molar-refractivity contribution in [2.45, 2.75) is 19.0 Å². The van der Waals surface area contributed by atoms with E-state index in [-0.39, 0.29) is 17.2 Å². The molecule has 0 spiro atoms. The number of amides is 1. The van der Waals surface area contributed by atoms with Crippen LogP contribution < -0.4 is 11.0 Å². The van der Waals surface area contributed by atoms with Gasteiger partial charge >= 0.3 is 0 Å². The Kier molecular flexibility index (Phi) is 6.29. The number of fused-ring (bicyclic) bond motifs is 1. The number of thioether (sulfide) groups is 1. The van der Waals surface area contributed by atoms with Crippen molar-refractivity contribution in [1.29, 1.82) is 0 Å². The summed E-state index contributed by atoms with van der Waals surface area (Å²) in [4.78, 5) is 32.7. The monoisotopic (exact) mass is 448 g/mol. The van der Waals surface area contributed by atoms with Gasteiger partial charge < -0.3 is 4.98 Å². The number of aryl methyl sites for hydroxylation is 2. The summed E-state index contributed by atoms with van der Waals surface area (Å²) in [6.45, 7) is 4.03. The molecular weight excluding hydrogens is 428 g/mol. The van der Waals surface area contributed by atoms with E-state index in [1.54, 1.807) is 6.21 Å². The molecule has 6 nitrogen and oxygen atoms in total. The van der Waals surface area contributed by atoms with Gasteiger partial charge in [-0.2, -0.15) is 5.10 Å². The molecule has 0 saturated carbocycles. The standard InChI is InChI=1S/C23H20N4O2S2/c1-14-3-7-16(8-4-14)11-24-27-19(28)13-31-23-25-21(29)20-18(12-30-22(20)26-23)17-9-5-15(2)6-10-17/h3-12H,13H2,1-2H3,(H,27,28)(H,25,26,29)/b24-11+. The van der Waals surface area contributed by atoms with E-state index in [0.29, 0.717) is 15.4 Å². The molecule has 31 heavy (non-hydrogen) atoms. The summed E-state index contributed by atoms with van der Waals surface area (Å²) in [5.41, 5.74) is 7.36. The van der Waals surface area contributed by atoms with Crippen LogP contribution in [0, 0.1) is 13.8 Å². The van der Waals surface area contributed by atoms with Crippen molar-refractivity contribution in [2.75, 3.05) is 5.75 Å². The highest BCUT2D eigenvalue weighted by Gasteiger charge is 2.14. The Balaban J connectivity index is 1.42. The highest BCUT2D eigenvalue weighted by Crippen LogP contribution is 2.31. The number of benzene rings is 2. The van der Waals surface area contributed by atoms with E-state index in [0.717, 1.165) is 27.8 Å². The van der Waals surface area contributed by atoms with E-state index in [4.69, 9.17) is 0 Å². The number of nitrogens with one attached hydrogen (secondary N) is 2. The molecule has 0 bridgehead atoms. The number of hydrogen-bond acceptors (Lipinski definition) is 6. The first kappa shape index (κ1) is 21.0. The number of hydrazone groups is 1. The summed E-state index contributed by atoms with van der Waals surface area (Å²) in [5, 5.41) is 6.89. The van der Waals surface area contributed by atoms with Gasteiger partial charge in [0.25, 0.3) is 11.5 Å². The normalized spacial score (nSPS) is 11.3. The van der Waals surface area contributed by atoms with Crippen LogP contribution in [0.3, 0.4) is 0 Å². The van der Waals surface area contributed by atoms with Gasteiger partial charge in [0.1, 0.15) is 4.83 Å². The van der Waals surface area contributed by atoms with Gasteiger partial charge in [0, 0.05) is 10.9 Å². The lowest BCUT2D eigenvalue weighted by Gasteiger charge is -2.03. The summed E-state index contributed by atoms with van der Waals surface area (Å²) in [7, 11) is 0. The Morgan fingerprint density at radius 3 is 2.52 bits per heavy atom. The van der Waals surface area contributed by atoms with Crippen molar-refractivity contribution in [2.24, 2.45) is 5.10 Å². The molecule has 156 valence electrons. The molecule has 0 aliphatic heterocycles. The van der Waals surface area contributed by atoms with Crippen LogP contribution in [0.25, 0.3) is 21.3 Å². The fraction of sp³-hybridized carbons (Fsp3) is 0.130. The van der Waals surface area contributed by atoms with E-state index < -0.39 is 0 Å². The molecule has 4 rings (SSSR count). The van der Waals surface area contributed by atoms with Gasteiger partial charge in [0.05, 0.1) is 17.4 Å². The summed E-state index contributed by atoms with van der Waals surface area (Å²) in [6, 6.07) is 15.8. The molecular formula is C23H20N4O2S2. The molecule has 8 heteroatoms. The first-order valence-electron chi connectivity index (χ1n) is 9.59. The Labute approximate surface area is 187 Å². The van der Waals surface area contributed by atoms with Crippen LogP contribution in [0.5, 0.6) is 0 Å². The molecule has 0 saturated heterocycles. The fourth-order valence-electron chi connectivity index (χ4n) is 2.94. The Bertz CT molecular complexity index is 1310. The van der Waals surface area contributed by atoms with Gasteiger partial charge in [-0.25, -0.2) is 10.4 Å². The molecule has 0 atom stereocenters. The number of aromatic nitrogens is 2. The number of aromatic amines is 1. The van der Waals surface area contributed by atoms with E-state index in [1.165, 1.54) is 23.1 Å². The average Bonchev–Trinajstić information content (AvgIpc) is 3.19. The maximum atomic E-state index is 12.7. The first-order chi connectivity index (χ1) is 15.0. The van der Waals surface area contributed by atoms with Gasteiger partial charge in [-0.05, 0) is 25.0 Å². The number of carbonyl (C=O) groups excluding carboxylic acids is 1. The largest absolute Gasteiger partial charge is 0.301 e. The molecule has 2 aromatic heterocycles. The summed E-state index contributed by atoms with van der Waals surface area (Å²) >= 11 is 2.59. The summed E-state index contributed by atoms with van der Waals surface area (Å²) in [5.74, 6) is -0.182. The van der Waals surface area contributed by atoms with E-state index in [9.17, 15) is 9.59 Å². The molecule has 1 amide bonds. The smallest absolute Gasteiger partial charge is 0.260 e. The highest BCUT2D eigenvalue weighted by molar-refractivity contribution is 7.99. The molecule has 2 N–H and O–H groups in total. The Morgan fingerprint density at radius 2 is 1.81 bits per heavy atom. The molecule has 2 heterocycles. The second-order valence-corrected chi connectivity index (χ2v) is 8.88. The number of H-pyrrole nitrogens is 1. The average molecular weight is 449 g/mol. The molecule has 0 aliphatic rings. The number of carbonyl (C=O) groups is 1. The van der Waals surface area contributed by atoms with Crippen molar-refractivity contribution >= 4 is 45.4 Å². The minimum Gasteiger partial charge on any atom is -0.301 e. The van der Waals surface area contributed by atoms with E-state index in [1.807, 2.05) is 67.8 Å². The van der Waals surface area contributed by atoms with Crippen LogP contribution in [0.2, 0.25) is 0 Å². The maximum absolute atomic E-state index is 12.7. The van der Waals surface area contributed by atoms with Crippen molar-refractivity contribution in [3.8, 4) is 11.1 Å². The zero-order chi connectivity index (χ0) is 21.8. The van der Waals surface area contributed by atoms with Gasteiger partial charge in [0.2, 0.25) is 0 Å². The van der Waals surface area contributed by atoms with Crippen molar-refractivity contribution in [3.63, 3.8) is 0 Å². The molecule has 4 aromatic rings. The van der Waals surface area contributed by atoms with E-state index >= 15 is 0 Å². The van der Waals surface area contributed by atoms with E-state index in [2.05, 4.69) is 20.5 Å². The number of rotatable bonds is 6. The minimum absolute atomic E-state index is 0.0931. The lowest BCUT2D eigenvalue weighted by molar-refractivity contribution is -0.118. The zero-order valence-corrected chi connectivity index (χ0v) is 18.6. The minimum atomic E-state index is -0.275. The van der Waals surface area contributed by atoms with Crippen molar-refractivity contribution < 1.29 is 4.79 Å². The lowest BCUT2D eigenvalue weighted by atomic mass is 10.1. The van der Waals surface area contributed by atoms with Crippen LogP contribution in [-0.2, 0) is 4.79 Å². The van der Waals surface area contributed by atoms with Gasteiger partial charge in [-0.3, -0.25) is 9.59 Å². The first-order valence-corrected chi connectivity index (χ1v) is 11.5. The molecule has 0 aliphatic carbocycles. The second-order valence-electron chi connectivity index (χ2n) is 7.06. The fourth-order valence-corrected chi connectivity index (χ4v) is 4.60. The topological polar surface area (TPSA) is 87.2 Å². The van der Waals surface area contributed by atoms with Crippen LogP contribution in [0.4, 0.5) is 0 Å². The number of nitrogens with zero attached hydrogens (tertiary/aromatic N) is 2. The SMILES string of the molecule is Cc1ccc(/C=N/NC(=O)CSc2nc3scc(-c4ccc(C)cc4)c3c(=O)[nH]2)cc1. The van der Waals surface area contributed by atoms with Crippen LogP contribution >= 0.6 is 23.1 Å². The molecule has 0 radical (unpaired) electrons. The molecule has 0 unspecified atom stereocenters. The Hall–Kier alpha value is -3.23. The predicted molar refractivity (Wildman–Crippen MR) is 128 cm³/mol. The summed E-state index contributed by atoms with van der Waals surface area (Å²) < 4.78 is 0. The summed E-state index contributed by atoms with van der Waals surface area (Å²) in [6.07, 6.45) is 1.59. The zero-order valence-electron chi connectivity index (χ0n) is 17.0. The van der Waals surface area contributed by atoms with Gasteiger partial charge in [-0.1, -0.05) is 71.4 Å². The quantitative estimate of drug-likeness (QED) is 0.197. The third-order valence-corrected chi connectivity index (χ3v) is 6.35. The highest BCUT2D eigenvalue weighted by atomic mass is 32.2. The maximum Gasteiger partial charge on any atom is 0.260 e. The lowest BCUT2D eigenvalue weighted by Crippen LogP contribution is -2.20. The predicted octanol–water partition coefficient (Wildman–Crippen LogP) is 4.51. The van der Waals surface area contributed by atoms with Crippen molar-refractivity contribution in [3.05, 3.63) is 81.0 Å². The Morgan fingerprint density at radius 1 is 1.13 bits per heavy atom. The van der Waals surface area contributed by atoms with Gasteiger partial charge in [0.15, 0.2) is 5.16 Å². The number of hydrogen-bond donors (Lipinski definition) is 2. The third-order valence-electron chi connectivity index (χ3n) is 4.61. The van der Waals surface area contributed by atoms with Crippen LogP contribution in [0.1, 0.15) is 16.7 Å². The third kappa shape index (κ3) is 5.10. The van der Waals surface area contributed by atoms with Gasteiger partial charge in [-0.15, -0.1) is 11.3 Å². The second kappa shape index (κ2) is 9.28.